The van der Waals surface area contributed by atoms with Crippen LogP contribution in [0.1, 0.15) is 12.7 Å². The molecule has 112 valence electrons. The van der Waals surface area contributed by atoms with E-state index in [2.05, 4.69) is 15.5 Å². The minimum atomic E-state index is -0.449. The van der Waals surface area contributed by atoms with Gasteiger partial charge in [0.1, 0.15) is 11.6 Å². The highest BCUT2D eigenvalue weighted by atomic mass is 35.5. The molecular weight excluding hydrogens is 315 g/mol. The lowest BCUT2D eigenvalue weighted by atomic mass is 10.3. The van der Waals surface area contributed by atoms with Crippen molar-refractivity contribution in [3.8, 4) is 0 Å². The Morgan fingerprint density at radius 1 is 1.48 bits per heavy atom. The molecule has 21 heavy (non-hydrogen) atoms. The largest absolute Gasteiger partial charge is 0.324 e. The summed E-state index contributed by atoms with van der Waals surface area (Å²) in [6.45, 7) is 3.58. The van der Waals surface area contributed by atoms with Crippen LogP contribution < -0.4 is 5.32 Å². The fraction of sp³-hybridized carbons (Fsp3) is 0.308. The lowest BCUT2D eigenvalue weighted by molar-refractivity contribution is -0.115. The fourth-order valence-electron chi connectivity index (χ4n) is 1.53. The molecule has 0 spiro atoms. The molecule has 1 heterocycles. The summed E-state index contributed by atoms with van der Waals surface area (Å²) in [6, 6.07) is 3.83. The second-order valence-corrected chi connectivity index (χ2v) is 6.18. The van der Waals surface area contributed by atoms with Gasteiger partial charge in [-0.2, -0.15) is 0 Å². The first-order chi connectivity index (χ1) is 9.88. The molecule has 1 atom stereocenters. The monoisotopic (exact) mass is 328 g/mol. The van der Waals surface area contributed by atoms with Gasteiger partial charge < -0.3 is 9.88 Å². The minimum Gasteiger partial charge on any atom is -0.324 e. The third-order valence-electron chi connectivity index (χ3n) is 2.89. The van der Waals surface area contributed by atoms with Crippen LogP contribution in [-0.4, -0.2) is 25.9 Å². The van der Waals surface area contributed by atoms with Gasteiger partial charge in [0, 0.05) is 7.05 Å². The van der Waals surface area contributed by atoms with Gasteiger partial charge in [0.15, 0.2) is 5.16 Å². The van der Waals surface area contributed by atoms with E-state index in [0.717, 1.165) is 11.9 Å². The lowest BCUT2D eigenvalue weighted by Gasteiger charge is -2.12. The van der Waals surface area contributed by atoms with Crippen molar-refractivity contribution >= 4 is 35.0 Å². The number of nitrogens with one attached hydrogen (secondary N) is 1. The number of rotatable bonds is 4. The van der Waals surface area contributed by atoms with E-state index < -0.39 is 11.1 Å². The summed E-state index contributed by atoms with van der Waals surface area (Å²) in [5, 5.41) is 11.0. The van der Waals surface area contributed by atoms with Crippen LogP contribution in [0.3, 0.4) is 0 Å². The van der Waals surface area contributed by atoms with E-state index in [1.807, 2.05) is 14.0 Å². The standard InChI is InChI=1S/C13H14ClFN4OS/c1-7(21-13-18-17-8(2)19(13)3)12(20)16-11-5-4-9(15)6-10(11)14/h4-7H,1-3H3,(H,16,20)/t7-/m0/s1. The second kappa shape index (κ2) is 6.44. The van der Waals surface area contributed by atoms with Crippen molar-refractivity contribution in [3.05, 3.63) is 34.9 Å². The van der Waals surface area contributed by atoms with Gasteiger partial charge in [-0.1, -0.05) is 23.4 Å². The summed E-state index contributed by atoms with van der Waals surface area (Å²) in [5.41, 5.74) is 0.379. The van der Waals surface area contributed by atoms with Crippen LogP contribution in [0.4, 0.5) is 10.1 Å². The van der Waals surface area contributed by atoms with Crippen molar-refractivity contribution in [2.45, 2.75) is 24.3 Å². The van der Waals surface area contributed by atoms with Gasteiger partial charge in [-0.3, -0.25) is 4.79 Å². The highest BCUT2D eigenvalue weighted by molar-refractivity contribution is 8.00. The minimum absolute atomic E-state index is 0.162. The topological polar surface area (TPSA) is 59.8 Å². The smallest absolute Gasteiger partial charge is 0.237 e. The first-order valence-electron chi connectivity index (χ1n) is 6.17. The molecule has 0 fully saturated rings. The number of benzene rings is 1. The molecule has 2 aromatic rings. The Kier molecular flexibility index (Phi) is 4.84. The number of nitrogens with zero attached hydrogens (tertiary/aromatic N) is 3. The molecule has 0 saturated heterocycles. The molecule has 1 aromatic heterocycles. The predicted octanol–water partition coefficient (Wildman–Crippen LogP) is 3.04. The number of thioether (sulfide) groups is 1. The molecule has 1 amide bonds. The zero-order chi connectivity index (χ0) is 15.6. The molecule has 1 N–H and O–H groups in total. The quantitative estimate of drug-likeness (QED) is 0.876. The normalized spacial score (nSPS) is 12.2. The number of aromatic nitrogens is 3. The van der Waals surface area contributed by atoms with Crippen molar-refractivity contribution in [2.24, 2.45) is 7.05 Å². The Bertz CT molecular complexity index is 676. The van der Waals surface area contributed by atoms with Crippen molar-refractivity contribution in [2.75, 3.05) is 5.32 Å². The number of hydrogen-bond donors (Lipinski definition) is 1. The van der Waals surface area contributed by atoms with E-state index in [1.54, 1.807) is 11.5 Å². The van der Waals surface area contributed by atoms with Gasteiger partial charge in [-0.05, 0) is 32.0 Å². The number of halogens is 2. The van der Waals surface area contributed by atoms with E-state index >= 15 is 0 Å². The van der Waals surface area contributed by atoms with E-state index in [9.17, 15) is 9.18 Å². The molecule has 0 radical (unpaired) electrons. The van der Waals surface area contributed by atoms with Crippen molar-refractivity contribution in [1.82, 2.24) is 14.8 Å². The zero-order valence-corrected chi connectivity index (χ0v) is 13.3. The summed E-state index contributed by atoms with van der Waals surface area (Å²) in [5.74, 6) is 0.0795. The molecule has 0 aliphatic heterocycles. The van der Waals surface area contributed by atoms with Gasteiger partial charge in [0.2, 0.25) is 5.91 Å². The first-order valence-corrected chi connectivity index (χ1v) is 7.43. The van der Waals surface area contributed by atoms with Gasteiger partial charge in [-0.15, -0.1) is 10.2 Å². The van der Waals surface area contributed by atoms with Gasteiger partial charge in [0.05, 0.1) is 16.0 Å². The number of carbonyl (C=O) groups excluding carboxylic acids is 1. The van der Waals surface area contributed by atoms with E-state index in [1.165, 1.54) is 23.9 Å². The highest BCUT2D eigenvalue weighted by Crippen LogP contribution is 2.25. The summed E-state index contributed by atoms with van der Waals surface area (Å²) in [4.78, 5) is 12.1. The Balaban J connectivity index is 2.04. The molecule has 0 aliphatic carbocycles. The molecule has 1 aromatic carbocycles. The summed E-state index contributed by atoms with van der Waals surface area (Å²) < 4.78 is 14.8. The molecule has 0 bridgehead atoms. The molecule has 2 rings (SSSR count). The molecular formula is C13H14ClFN4OS. The van der Waals surface area contributed by atoms with Gasteiger partial charge in [-0.25, -0.2) is 4.39 Å². The number of anilines is 1. The Morgan fingerprint density at radius 2 is 2.19 bits per heavy atom. The van der Waals surface area contributed by atoms with Gasteiger partial charge in [0.25, 0.3) is 0 Å². The predicted molar refractivity (Wildman–Crippen MR) is 81.1 cm³/mol. The van der Waals surface area contributed by atoms with Crippen LogP contribution in [-0.2, 0) is 11.8 Å². The van der Waals surface area contributed by atoms with Crippen molar-refractivity contribution in [1.29, 1.82) is 0 Å². The van der Waals surface area contributed by atoms with Crippen molar-refractivity contribution < 1.29 is 9.18 Å². The van der Waals surface area contributed by atoms with Crippen LogP contribution in [0, 0.1) is 12.7 Å². The second-order valence-electron chi connectivity index (χ2n) is 4.46. The maximum atomic E-state index is 13.0. The Hall–Kier alpha value is -1.60. The Morgan fingerprint density at radius 3 is 2.76 bits per heavy atom. The Labute approximate surface area is 130 Å². The average Bonchev–Trinajstić information content (AvgIpc) is 2.73. The van der Waals surface area contributed by atoms with Crippen LogP contribution >= 0.6 is 23.4 Å². The number of hydrogen-bond acceptors (Lipinski definition) is 4. The average molecular weight is 329 g/mol. The number of amides is 1. The lowest BCUT2D eigenvalue weighted by Crippen LogP contribution is -2.23. The van der Waals surface area contributed by atoms with Crippen LogP contribution in [0.25, 0.3) is 0 Å². The van der Waals surface area contributed by atoms with Gasteiger partial charge >= 0.3 is 0 Å². The third-order valence-corrected chi connectivity index (χ3v) is 4.34. The maximum Gasteiger partial charge on any atom is 0.237 e. The van der Waals surface area contributed by atoms with E-state index in [4.69, 9.17) is 11.6 Å². The maximum absolute atomic E-state index is 13.0. The number of carbonyl (C=O) groups is 1. The molecule has 0 aliphatic rings. The van der Waals surface area contributed by atoms with Crippen LogP contribution in [0.2, 0.25) is 5.02 Å². The third kappa shape index (κ3) is 3.74. The molecule has 8 heteroatoms. The fourth-order valence-corrected chi connectivity index (χ4v) is 2.60. The zero-order valence-electron chi connectivity index (χ0n) is 11.7. The van der Waals surface area contributed by atoms with E-state index in [-0.39, 0.29) is 10.9 Å². The molecule has 0 unspecified atom stereocenters. The summed E-state index contributed by atoms with van der Waals surface area (Å²) >= 11 is 7.17. The SMILES string of the molecule is Cc1nnc(S[C@@H](C)C(=O)Nc2ccc(F)cc2Cl)n1C. The van der Waals surface area contributed by atoms with Crippen molar-refractivity contribution in [3.63, 3.8) is 0 Å². The molecule has 5 nitrogen and oxygen atoms in total. The van der Waals surface area contributed by atoms with Crippen LogP contribution in [0.15, 0.2) is 23.4 Å². The highest BCUT2D eigenvalue weighted by Gasteiger charge is 2.19. The summed E-state index contributed by atoms with van der Waals surface area (Å²) in [7, 11) is 1.83. The summed E-state index contributed by atoms with van der Waals surface area (Å²) in [6.07, 6.45) is 0. The first kappa shape index (κ1) is 15.8. The van der Waals surface area contributed by atoms with Crippen LogP contribution in [0.5, 0.6) is 0 Å². The number of aryl methyl sites for hydroxylation is 1. The molecule has 0 saturated carbocycles. The van der Waals surface area contributed by atoms with E-state index in [0.29, 0.717) is 10.8 Å².